The third-order valence-corrected chi connectivity index (χ3v) is 7.10. The van der Waals surface area contributed by atoms with E-state index in [2.05, 4.69) is 5.32 Å². The SMILES string of the molecule is C[C@]12CN(C(=O)Nc3ccccc3)C[C@](C)(O1)[C@@H]1C(=O)N(c3ccc(C#N)c(C(F)(F)F)c3)C(=O)[C@@H]12. The first-order chi connectivity index (χ1) is 16.9. The van der Waals surface area contributed by atoms with Crippen molar-refractivity contribution >= 4 is 29.2 Å². The van der Waals surface area contributed by atoms with E-state index < -0.39 is 58.2 Å². The molecule has 0 saturated carbocycles. The Labute approximate surface area is 204 Å². The fourth-order valence-corrected chi connectivity index (χ4v) is 5.76. The molecule has 0 spiro atoms. The summed E-state index contributed by atoms with van der Waals surface area (Å²) in [4.78, 5) is 42.3. The zero-order valence-electron chi connectivity index (χ0n) is 19.3. The number of alkyl halides is 3. The molecular formula is C25H21F3N4O4. The molecule has 3 aliphatic rings. The minimum Gasteiger partial charge on any atom is -0.364 e. The summed E-state index contributed by atoms with van der Waals surface area (Å²) in [5, 5.41) is 11.8. The summed E-state index contributed by atoms with van der Waals surface area (Å²) in [7, 11) is 0. The van der Waals surface area contributed by atoms with E-state index >= 15 is 0 Å². The van der Waals surface area contributed by atoms with Crippen LogP contribution in [0.4, 0.5) is 29.3 Å². The number of halogens is 3. The highest BCUT2D eigenvalue weighted by atomic mass is 19.4. The molecule has 3 saturated heterocycles. The molecule has 2 bridgehead atoms. The number of nitriles is 1. The highest BCUT2D eigenvalue weighted by molar-refractivity contribution is 6.23. The van der Waals surface area contributed by atoms with Gasteiger partial charge in [-0.05, 0) is 44.2 Å². The zero-order valence-corrected chi connectivity index (χ0v) is 19.3. The average Bonchev–Trinajstić information content (AvgIpc) is 3.18. The number of carbonyl (C=O) groups excluding carboxylic acids is 3. The molecule has 2 aromatic carbocycles. The molecule has 0 aromatic heterocycles. The number of nitrogens with zero attached hydrogens (tertiary/aromatic N) is 3. The van der Waals surface area contributed by atoms with Crippen LogP contribution in [-0.2, 0) is 20.5 Å². The number of amides is 4. The number of fused-ring (bicyclic) bond motifs is 5. The lowest BCUT2D eigenvalue weighted by Gasteiger charge is -2.44. The normalized spacial score (nSPS) is 29.2. The van der Waals surface area contributed by atoms with Crippen LogP contribution >= 0.6 is 0 Å². The van der Waals surface area contributed by atoms with Crippen LogP contribution in [0.3, 0.4) is 0 Å². The fraction of sp³-hybridized carbons (Fsp3) is 0.360. The molecule has 1 N–H and O–H groups in total. The number of imide groups is 1. The molecule has 8 nitrogen and oxygen atoms in total. The molecule has 3 fully saturated rings. The molecule has 0 radical (unpaired) electrons. The van der Waals surface area contributed by atoms with Gasteiger partial charge in [0.1, 0.15) is 0 Å². The van der Waals surface area contributed by atoms with Crippen LogP contribution in [-0.4, -0.2) is 47.0 Å². The number of para-hydroxylation sites is 1. The Morgan fingerprint density at radius 3 is 2.17 bits per heavy atom. The third-order valence-electron chi connectivity index (χ3n) is 7.10. The van der Waals surface area contributed by atoms with Gasteiger partial charge in [-0.15, -0.1) is 0 Å². The standard InChI is InChI=1S/C25H21F3N4O4/c1-23-12-31(22(35)30-15-6-4-3-5-7-15)13-24(2,36-23)19-18(23)20(33)32(21(19)34)16-9-8-14(11-29)17(10-16)25(26,27)28/h3-10,18-19H,12-13H2,1-2H3,(H,30,35)/t18-,19+,23-,24+. The maximum Gasteiger partial charge on any atom is 0.417 e. The molecule has 4 amide bonds. The summed E-state index contributed by atoms with van der Waals surface area (Å²) < 4.78 is 46.7. The van der Waals surface area contributed by atoms with Crippen LogP contribution in [0.5, 0.6) is 0 Å². The Morgan fingerprint density at radius 1 is 1.06 bits per heavy atom. The number of hydrogen-bond donors (Lipinski definition) is 1. The predicted octanol–water partition coefficient (Wildman–Crippen LogP) is 3.78. The van der Waals surface area contributed by atoms with Gasteiger partial charge in [0.25, 0.3) is 0 Å². The van der Waals surface area contributed by atoms with Crippen LogP contribution in [0, 0.1) is 23.2 Å². The summed E-state index contributed by atoms with van der Waals surface area (Å²) in [6.07, 6.45) is -4.84. The maximum atomic E-state index is 13.5. The summed E-state index contributed by atoms with van der Waals surface area (Å²) in [5.41, 5.74) is -3.96. The number of urea groups is 1. The van der Waals surface area contributed by atoms with E-state index in [4.69, 9.17) is 10.00 Å². The number of anilines is 2. The van der Waals surface area contributed by atoms with Gasteiger partial charge in [-0.2, -0.15) is 18.4 Å². The number of nitrogens with one attached hydrogen (secondary N) is 1. The van der Waals surface area contributed by atoms with Gasteiger partial charge < -0.3 is 15.0 Å². The van der Waals surface area contributed by atoms with Gasteiger partial charge in [0.2, 0.25) is 11.8 Å². The monoisotopic (exact) mass is 498 g/mol. The Morgan fingerprint density at radius 2 is 1.64 bits per heavy atom. The molecule has 11 heteroatoms. The van der Waals surface area contributed by atoms with E-state index in [-0.39, 0.29) is 18.8 Å². The second kappa shape index (κ2) is 7.80. The first kappa shape index (κ1) is 23.8. The highest BCUT2D eigenvalue weighted by Crippen LogP contribution is 2.55. The number of ether oxygens (including phenoxy) is 1. The van der Waals surface area contributed by atoms with Crippen LogP contribution in [0.1, 0.15) is 25.0 Å². The molecule has 36 heavy (non-hydrogen) atoms. The minimum absolute atomic E-state index is 0.0104. The predicted molar refractivity (Wildman–Crippen MR) is 121 cm³/mol. The number of hydrogen-bond acceptors (Lipinski definition) is 5. The molecule has 0 aliphatic carbocycles. The topological polar surface area (TPSA) is 103 Å². The molecule has 5 rings (SSSR count). The van der Waals surface area contributed by atoms with Crippen LogP contribution in [0.15, 0.2) is 48.5 Å². The van der Waals surface area contributed by atoms with Crippen molar-refractivity contribution in [1.29, 1.82) is 5.26 Å². The lowest BCUT2D eigenvalue weighted by atomic mass is 9.79. The molecular weight excluding hydrogens is 477 g/mol. The van der Waals surface area contributed by atoms with E-state index in [1.807, 2.05) is 6.07 Å². The zero-order chi connectivity index (χ0) is 26.0. The maximum absolute atomic E-state index is 13.5. The van der Waals surface area contributed by atoms with Gasteiger partial charge >= 0.3 is 12.2 Å². The second-order valence-electron chi connectivity index (χ2n) is 9.69. The van der Waals surface area contributed by atoms with Gasteiger partial charge in [0, 0.05) is 5.69 Å². The Hall–Kier alpha value is -3.91. The summed E-state index contributed by atoms with van der Waals surface area (Å²) in [5.74, 6) is -3.37. The van der Waals surface area contributed by atoms with Gasteiger partial charge in [0.05, 0.1) is 59.0 Å². The summed E-state index contributed by atoms with van der Waals surface area (Å²) >= 11 is 0. The summed E-state index contributed by atoms with van der Waals surface area (Å²) in [6.45, 7) is 3.28. The van der Waals surface area contributed by atoms with Gasteiger partial charge in [-0.25, -0.2) is 9.69 Å². The average molecular weight is 498 g/mol. The molecule has 3 heterocycles. The van der Waals surface area contributed by atoms with Crippen molar-refractivity contribution in [2.75, 3.05) is 23.3 Å². The highest BCUT2D eigenvalue weighted by Gasteiger charge is 2.72. The van der Waals surface area contributed by atoms with E-state index in [1.165, 1.54) is 11.0 Å². The molecule has 3 aliphatic heterocycles. The molecule has 4 atom stereocenters. The first-order valence-corrected chi connectivity index (χ1v) is 11.2. The lowest BCUT2D eigenvalue weighted by Crippen LogP contribution is -2.60. The minimum atomic E-state index is -4.84. The fourth-order valence-electron chi connectivity index (χ4n) is 5.76. The second-order valence-corrected chi connectivity index (χ2v) is 9.69. The van der Waals surface area contributed by atoms with Crippen molar-refractivity contribution in [1.82, 2.24) is 4.90 Å². The van der Waals surface area contributed by atoms with Crippen LogP contribution < -0.4 is 10.2 Å². The van der Waals surface area contributed by atoms with Gasteiger partial charge in [0.15, 0.2) is 0 Å². The number of rotatable bonds is 2. The Balaban J connectivity index is 1.46. The van der Waals surface area contributed by atoms with Crippen LogP contribution in [0.2, 0.25) is 0 Å². The Bertz CT molecular complexity index is 1290. The number of benzene rings is 2. The molecule has 0 unspecified atom stereocenters. The Kier molecular flexibility index (Phi) is 5.16. The largest absolute Gasteiger partial charge is 0.417 e. The van der Waals surface area contributed by atoms with E-state index in [0.29, 0.717) is 11.8 Å². The quantitative estimate of drug-likeness (QED) is 0.635. The smallest absolute Gasteiger partial charge is 0.364 e. The van der Waals surface area contributed by atoms with Crippen molar-refractivity contribution in [3.8, 4) is 6.07 Å². The van der Waals surface area contributed by atoms with Crippen molar-refractivity contribution in [2.45, 2.75) is 31.2 Å². The lowest BCUT2D eigenvalue weighted by molar-refractivity contribution is -0.161. The van der Waals surface area contributed by atoms with E-state index in [0.717, 1.165) is 17.0 Å². The van der Waals surface area contributed by atoms with Gasteiger partial charge in [-0.3, -0.25) is 9.59 Å². The summed E-state index contributed by atoms with van der Waals surface area (Å²) in [6, 6.07) is 12.6. The van der Waals surface area contributed by atoms with Crippen LogP contribution in [0.25, 0.3) is 0 Å². The van der Waals surface area contributed by atoms with Crippen molar-refractivity contribution in [2.24, 2.45) is 11.8 Å². The van der Waals surface area contributed by atoms with Crippen molar-refractivity contribution in [3.05, 3.63) is 59.7 Å². The first-order valence-electron chi connectivity index (χ1n) is 11.2. The van der Waals surface area contributed by atoms with Gasteiger partial charge in [-0.1, -0.05) is 18.2 Å². The molecule has 186 valence electrons. The van der Waals surface area contributed by atoms with E-state index in [1.54, 1.807) is 38.1 Å². The van der Waals surface area contributed by atoms with Crippen molar-refractivity contribution in [3.63, 3.8) is 0 Å². The van der Waals surface area contributed by atoms with Crippen molar-refractivity contribution < 1.29 is 32.3 Å². The third kappa shape index (κ3) is 3.52. The number of likely N-dealkylation sites (tertiary alicyclic amines) is 1. The molecule has 2 aromatic rings. The number of carbonyl (C=O) groups is 3. The van der Waals surface area contributed by atoms with E-state index in [9.17, 15) is 27.6 Å². The number of morpholine rings is 1.